The summed E-state index contributed by atoms with van der Waals surface area (Å²) in [5.41, 5.74) is 10.9. The highest BCUT2D eigenvalue weighted by atomic mass is 16.5. The van der Waals surface area contributed by atoms with E-state index in [9.17, 15) is 0 Å². The molecular weight excluding hydrogens is 210 g/mol. The molecule has 1 fully saturated rings. The molecule has 1 aromatic carbocycles. The van der Waals surface area contributed by atoms with Crippen LogP contribution in [0.15, 0.2) is 12.1 Å². The quantitative estimate of drug-likeness (QED) is 0.849. The summed E-state index contributed by atoms with van der Waals surface area (Å²) in [7, 11) is 1.77. The molecule has 0 amide bonds. The maximum atomic E-state index is 6.60. The van der Waals surface area contributed by atoms with Crippen LogP contribution in [0.4, 0.5) is 0 Å². The zero-order chi connectivity index (χ0) is 11.9. The maximum Gasteiger partial charge on any atom is 0.122 e. The zero-order valence-electron chi connectivity index (χ0n) is 10.6. The smallest absolute Gasteiger partial charge is 0.122 e. The topological polar surface area (TPSA) is 35.2 Å². The normalized spacial score (nSPS) is 21.5. The molecule has 1 saturated carbocycles. The van der Waals surface area contributed by atoms with Crippen molar-refractivity contribution in [2.45, 2.75) is 50.5 Å². The van der Waals surface area contributed by atoms with E-state index < -0.39 is 0 Å². The molecule has 2 aliphatic rings. The molecule has 0 atom stereocenters. The highest BCUT2D eigenvalue weighted by Gasteiger charge is 2.35. The van der Waals surface area contributed by atoms with Crippen LogP contribution in [0.3, 0.4) is 0 Å². The van der Waals surface area contributed by atoms with Gasteiger partial charge in [-0.25, -0.2) is 0 Å². The molecule has 17 heavy (non-hydrogen) atoms. The molecule has 0 aliphatic heterocycles. The van der Waals surface area contributed by atoms with Crippen molar-refractivity contribution in [2.75, 3.05) is 7.11 Å². The minimum atomic E-state index is -0.0549. The van der Waals surface area contributed by atoms with Gasteiger partial charge in [0.1, 0.15) is 5.75 Å². The Labute approximate surface area is 103 Å². The average Bonchev–Trinajstić information content (AvgIpc) is 2.96. The van der Waals surface area contributed by atoms with Crippen LogP contribution >= 0.6 is 0 Å². The van der Waals surface area contributed by atoms with Gasteiger partial charge in [-0.2, -0.15) is 0 Å². The van der Waals surface area contributed by atoms with Crippen molar-refractivity contribution in [3.8, 4) is 5.75 Å². The Morgan fingerprint density at radius 2 is 1.76 bits per heavy atom. The molecule has 0 heterocycles. The summed E-state index contributed by atoms with van der Waals surface area (Å²) in [6.45, 7) is 0. The summed E-state index contributed by atoms with van der Waals surface area (Å²) < 4.78 is 5.47. The van der Waals surface area contributed by atoms with Gasteiger partial charge in [-0.15, -0.1) is 0 Å². The van der Waals surface area contributed by atoms with Crippen molar-refractivity contribution >= 4 is 0 Å². The van der Waals surface area contributed by atoms with Crippen LogP contribution in [0.1, 0.15) is 48.8 Å². The number of methoxy groups -OCH3 is 1. The van der Waals surface area contributed by atoms with E-state index in [4.69, 9.17) is 10.5 Å². The van der Waals surface area contributed by atoms with E-state index in [0.29, 0.717) is 0 Å². The van der Waals surface area contributed by atoms with Crippen LogP contribution in [0, 0.1) is 0 Å². The van der Waals surface area contributed by atoms with Crippen molar-refractivity contribution in [3.05, 3.63) is 28.8 Å². The molecule has 2 aliphatic carbocycles. The van der Waals surface area contributed by atoms with Crippen molar-refractivity contribution in [1.82, 2.24) is 0 Å². The van der Waals surface area contributed by atoms with E-state index in [1.54, 1.807) is 7.11 Å². The predicted octanol–water partition coefficient (Wildman–Crippen LogP) is 2.91. The molecule has 0 radical (unpaired) electrons. The summed E-state index contributed by atoms with van der Waals surface area (Å²) in [5, 5.41) is 0. The Morgan fingerprint density at radius 3 is 2.47 bits per heavy atom. The summed E-state index contributed by atoms with van der Waals surface area (Å²) in [4.78, 5) is 0. The number of rotatable bonds is 2. The van der Waals surface area contributed by atoms with Gasteiger partial charge < -0.3 is 10.5 Å². The summed E-state index contributed by atoms with van der Waals surface area (Å²) in [6, 6.07) is 4.33. The average molecular weight is 231 g/mol. The molecule has 2 heteroatoms. The van der Waals surface area contributed by atoms with Gasteiger partial charge in [0.15, 0.2) is 0 Å². The third-order valence-corrected chi connectivity index (χ3v) is 4.49. The number of ether oxygens (including phenoxy) is 1. The molecule has 1 aromatic rings. The highest BCUT2D eigenvalue weighted by Crippen LogP contribution is 2.43. The number of fused-ring (bicyclic) bond motifs is 1. The number of nitrogens with two attached hydrogens (primary N) is 1. The third-order valence-electron chi connectivity index (χ3n) is 4.49. The van der Waals surface area contributed by atoms with Gasteiger partial charge in [0, 0.05) is 5.54 Å². The van der Waals surface area contributed by atoms with E-state index in [1.165, 1.54) is 42.4 Å². The lowest BCUT2D eigenvalue weighted by molar-refractivity contribution is 0.408. The first kappa shape index (κ1) is 11.1. The molecule has 0 saturated heterocycles. The second-order valence-corrected chi connectivity index (χ2v) is 5.49. The van der Waals surface area contributed by atoms with Gasteiger partial charge in [-0.05, 0) is 54.9 Å². The van der Waals surface area contributed by atoms with Gasteiger partial charge in [0.25, 0.3) is 0 Å². The number of hydrogen-bond acceptors (Lipinski definition) is 2. The molecular formula is C15H21NO. The van der Waals surface area contributed by atoms with Gasteiger partial charge >= 0.3 is 0 Å². The molecule has 0 unspecified atom stereocenters. The Morgan fingerprint density at radius 1 is 1.06 bits per heavy atom. The fourth-order valence-corrected chi connectivity index (χ4v) is 3.61. The number of benzene rings is 1. The Hall–Kier alpha value is -1.02. The zero-order valence-corrected chi connectivity index (χ0v) is 10.6. The molecule has 3 rings (SSSR count). The second-order valence-electron chi connectivity index (χ2n) is 5.49. The Bertz CT molecular complexity index is 433. The lowest BCUT2D eigenvalue weighted by atomic mass is 9.84. The van der Waals surface area contributed by atoms with Crippen LogP contribution in [0.5, 0.6) is 5.75 Å². The van der Waals surface area contributed by atoms with Crippen LogP contribution in [0.25, 0.3) is 0 Å². The van der Waals surface area contributed by atoms with Gasteiger partial charge in [-0.3, -0.25) is 0 Å². The maximum absolute atomic E-state index is 6.60. The van der Waals surface area contributed by atoms with Crippen molar-refractivity contribution in [2.24, 2.45) is 5.73 Å². The molecule has 0 bridgehead atoms. The summed E-state index contributed by atoms with van der Waals surface area (Å²) in [5.74, 6) is 1.06. The lowest BCUT2D eigenvalue weighted by Crippen LogP contribution is -2.34. The second kappa shape index (κ2) is 4.02. The summed E-state index contributed by atoms with van der Waals surface area (Å²) in [6.07, 6.45) is 8.42. The van der Waals surface area contributed by atoms with Gasteiger partial charge in [-0.1, -0.05) is 18.9 Å². The van der Waals surface area contributed by atoms with E-state index in [2.05, 4.69) is 12.1 Å². The molecule has 2 N–H and O–H groups in total. The van der Waals surface area contributed by atoms with E-state index >= 15 is 0 Å². The van der Waals surface area contributed by atoms with E-state index in [0.717, 1.165) is 25.0 Å². The molecule has 92 valence electrons. The SMILES string of the molecule is COc1ccc(C2(N)CCCC2)c2c1CCC2. The van der Waals surface area contributed by atoms with Crippen LogP contribution in [-0.4, -0.2) is 7.11 Å². The highest BCUT2D eigenvalue weighted by molar-refractivity contribution is 5.50. The van der Waals surface area contributed by atoms with Gasteiger partial charge in [0.2, 0.25) is 0 Å². The minimum Gasteiger partial charge on any atom is -0.496 e. The molecule has 2 nitrogen and oxygen atoms in total. The van der Waals surface area contributed by atoms with Crippen LogP contribution in [-0.2, 0) is 18.4 Å². The van der Waals surface area contributed by atoms with Crippen molar-refractivity contribution in [1.29, 1.82) is 0 Å². The van der Waals surface area contributed by atoms with Crippen molar-refractivity contribution < 1.29 is 4.74 Å². The Kier molecular flexibility index (Phi) is 2.62. The number of hydrogen-bond donors (Lipinski definition) is 1. The summed E-state index contributed by atoms with van der Waals surface area (Å²) >= 11 is 0. The minimum absolute atomic E-state index is 0.0549. The Balaban J connectivity index is 2.09. The fraction of sp³-hybridized carbons (Fsp3) is 0.600. The predicted molar refractivity (Wildman–Crippen MR) is 69.4 cm³/mol. The van der Waals surface area contributed by atoms with E-state index in [1.807, 2.05) is 0 Å². The standard InChI is InChI=1S/C15H21NO/c1-17-14-8-7-13(11-5-4-6-12(11)14)15(16)9-2-3-10-15/h7-8H,2-6,9-10,16H2,1H3. The monoisotopic (exact) mass is 231 g/mol. The van der Waals surface area contributed by atoms with Crippen molar-refractivity contribution in [3.63, 3.8) is 0 Å². The van der Waals surface area contributed by atoms with E-state index in [-0.39, 0.29) is 5.54 Å². The van der Waals surface area contributed by atoms with Crippen LogP contribution in [0.2, 0.25) is 0 Å². The fourth-order valence-electron chi connectivity index (χ4n) is 3.61. The first-order valence-corrected chi connectivity index (χ1v) is 6.73. The first-order valence-electron chi connectivity index (χ1n) is 6.73. The molecule has 0 aromatic heterocycles. The van der Waals surface area contributed by atoms with Gasteiger partial charge in [0.05, 0.1) is 7.11 Å². The lowest BCUT2D eigenvalue weighted by Gasteiger charge is -2.27. The van der Waals surface area contributed by atoms with Crippen LogP contribution < -0.4 is 10.5 Å². The third kappa shape index (κ3) is 1.66. The first-order chi connectivity index (χ1) is 8.24. The largest absolute Gasteiger partial charge is 0.496 e. The molecule has 0 spiro atoms.